The van der Waals surface area contributed by atoms with Crippen molar-refractivity contribution in [2.75, 3.05) is 19.0 Å². The fourth-order valence-corrected chi connectivity index (χ4v) is 4.42. The summed E-state index contributed by atoms with van der Waals surface area (Å²) >= 11 is 1.15. The number of rotatable bonds is 13. The molecule has 2 N–H and O–H groups in total. The first-order valence-electron chi connectivity index (χ1n) is 12.2. The van der Waals surface area contributed by atoms with Gasteiger partial charge in [-0.25, -0.2) is 18.6 Å². The number of benzene rings is 2. The third kappa shape index (κ3) is 7.45. The minimum absolute atomic E-state index is 0.233. The molecular weight excluding hydrogens is 514 g/mol. The molecule has 1 heterocycles. The van der Waals surface area contributed by atoms with Gasteiger partial charge in [-0.3, -0.25) is 10.1 Å². The van der Waals surface area contributed by atoms with E-state index in [-0.39, 0.29) is 16.3 Å². The molecule has 38 heavy (non-hydrogen) atoms. The highest BCUT2D eigenvalue weighted by atomic mass is 32.1. The smallest absolute Gasteiger partial charge is 0.331 e. The Labute approximate surface area is 224 Å². The second kappa shape index (κ2) is 13.8. The summed E-state index contributed by atoms with van der Waals surface area (Å²) in [4.78, 5) is 28.1. The summed E-state index contributed by atoms with van der Waals surface area (Å²) in [5, 5.41) is 13.5. The van der Waals surface area contributed by atoms with Crippen molar-refractivity contribution >= 4 is 34.4 Å². The largest absolute Gasteiger partial charge is 0.496 e. The third-order valence-corrected chi connectivity index (χ3v) is 6.50. The zero-order valence-corrected chi connectivity index (χ0v) is 22.3. The summed E-state index contributed by atoms with van der Waals surface area (Å²) in [6.45, 7) is 4.44. The maximum absolute atomic E-state index is 14.5. The van der Waals surface area contributed by atoms with Crippen LogP contribution >= 0.6 is 11.3 Å². The van der Waals surface area contributed by atoms with Crippen LogP contribution in [-0.2, 0) is 16.1 Å². The average Bonchev–Trinajstić information content (AvgIpc) is 3.35. The molecule has 0 radical (unpaired) electrons. The second-order valence-electron chi connectivity index (χ2n) is 8.59. The van der Waals surface area contributed by atoms with Crippen LogP contribution in [0.5, 0.6) is 5.75 Å². The lowest BCUT2D eigenvalue weighted by atomic mass is 10.1. The van der Waals surface area contributed by atoms with Gasteiger partial charge in [0.1, 0.15) is 17.4 Å². The van der Waals surface area contributed by atoms with Crippen molar-refractivity contribution < 1.29 is 33.0 Å². The molecule has 0 atom stereocenters. The minimum atomic E-state index is -1.30. The maximum atomic E-state index is 14.5. The first-order valence-corrected chi connectivity index (χ1v) is 13.0. The van der Waals surface area contributed by atoms with Gasteiger partial charge in [0.25, 0.3) is 5.91 Å². The summed E-state index contributed by atoms with van der Waals surface area (Å²) in [6, 6.07) is 7.34. The molecule has 0 aliphatic heterocycles. The lowest BCUT2D eigenvalue weighted by molar-refractivity contribution is -0.132. The zero-order valence-electron chi connectivity index (χ0n) is 21.5. The Kier molecular flexibility index (Phi) is 10.5. The van der Waals surface area contributed by atoms with Crippen LogP contribution in [0.25, 0.3) is 17.3 Å². The van der Waals surface area contributed by atoms with E-state index >= 15 is 0 Å². The van der Waals surface area contributed by atoms with E-state index in [1.54, 1.807) is 12.5 Å². The number of amides is 1. The van der Waals surface area contributed by atoms with Crippen LogP contribution in [0.4, 0.5) is 13.9 Å². The highest BCUT2D eigenvalue weighted by molar-refractivity contribution is 7.14. The van der Waals surface area contributed by atoms with Crippen LogP contribution in [0.3, 0.4) is 0 Å². The molecule has 0 unspecified atom stereocenters. The van der Waals surface area contributed by atoms with Gasteiger partial charge in [0.15, 0.2) is 5.13 Å². The predicted molar refractivity (Wildman–Crippen MR) is 143 cm³/mol. The van der Waals surface area contributed by atoms with Crippen LogP contribution in [0.15, 0.2) is 41.3 Å². The summed E-state index contributed by atoms with van der Waals surface area (Å²) in [5.74, 6) is -3.54. The van der Waals surface area contributed by atoms with Crippen molar-refractivity contribution in [2.45, 2.75) is 46.1 Å². The fourth-order valence-electron chi connectivity index (χ4n) is 3.71. The van der Waals surface area contributed by atoms with E-state index in [0.717, 1.165) is 59.9 Å². The molecule has 10 heteroatoms. The molecule has 0 saturated heterocycles. The minimum Gasteiger partial charge on any atom is -0.496 e. The van der Waals surface area contributed by atoms with Crippen molar-refractivity contribution in [1.29, 1.82) is 0 Å². The maximum Gasteiger partial charge on any atom is 0.331 e. The number of nitrogens with zero attached hydrogens (tertiary/aromatic N) is 1. The van der Waals surface area contributed by atoms with Crippen LogP contribution in [0.2, 0.25) is 0 Å². The van der Waals surface area contributed by atoms with E-state index in [1.807, 2.05) is 18.2 Å². The lowest BCUT2D eigenvalue weighted by Gasteiger charge is -2.13. The Morgan fingerprint density at radius 2 is 1.89 bits per heavy atom. The molecule has 0 spiro atoms. The number of hydrogen-bond acceptors (Lipinski definition) is 6. The van der Waals surface area contributed by atoms with Gasteiger partial charge in [0, 0.05) is 39.8 Å². The number of nitrogens with one attached hydrogen (secondary N) is 1. The monoisotopic (exact) mass is 544 g/mol. The van der Waals surface area contributed by atoms with Crippen LogP contribution in [0.1, 0.15) is 61.0 Å². The number of methoxy groups -OCH3 is 1. The van der Waals surface area contributed by atoms with Gasteiger partial charge in [-0.05, 0) is 37.6 Å². The van der Waals surface area contributed by atoms with E-state index in [2.05, 4.69) is 17.2 Å². The SMILES string of the molecule is CCCCCCOCc1cccc(-c2csc(NC(=O)c3cc(F)c(/C=C(\C)C(=O)O)c(F)c3)n2)c1OC. The molecule has 0 fully saturated rings. The second-order valence-corrected chi connectivity index (χ2v) is 9.45. The predicted octanol–water partition coefficient (Wildman–Crippen LogP) is 6.93. The number of carbonyl (C=O) groups is 2. The van der Waals surface area contributed by atoms with Gasteiger partial charge < -0.3 is 14.6 Å². The molecule has 3 rings (SSSR count). The molecule has 0 bridgehead atoms. The fraction of sp³-hybridized carbons (Fsp3) is 0.321. The number of hydrogen-bond donors (Lipinski definition) is 2. The number of unbranched alkanes of at least 4 members (excludes halogenated alkanes) is 3. The summed E-state index contributed by atoms with van der Waals surface area (Å²) in [5.41, 5.74) is 1.12. The van der Waals surface area contributed by atoms with Crippen molar-refractivity contribution in [3.63, 3.8) is 0 Å². The lowest BCUT2D eigenvalue weighted by Crippen LogP contribution is -2.13. The number of para-hydroxylation sites is 1. The van der Waals surface area contributed by atoms with E-state index in [1.165, 1.54) is 13.3 Å². The zero-order chi connectivity index (χ0) is 27.7. The van der Waals surface area contributed by atoms with Gasteiger partial charge in [-0.15, -0.1) is 11.3 Å². The van der Waals surface area contributed by atoms with Gasteiger partial charge in [-0.2, -0.15) is 0 Å². The topological polar surface area (TPSA) is 97.8 Å². The van der Waals surface area contributed by atoms with E-state index in [9.17, 15) is 18.4 Å². The van der Waals surface area contributed by atoms with Gasteiger partial charge in [-0.1, -0.05) is 38.3 Å². The number of thiazole rings is 1. The number of ether oxygens (including phenoxy) is 2. The first-order chi connectivity index (χ1) is 18.2. The normalized spacial score (nSPS) is 11.4. The molecule has 202 valence electrons. The number of carboxylic acids is 1. The molecule has 7 nitrogen and oxygen atoms in total. The Hall–Kier alpha value is -3.63. The highest BCUT2D eigenvalue weighted by Gasteiger charge is 2.18. The summed E-state index contributed by atoms with van der Waals surface area (Å²) < 4.78 is 40.4. The molecule has 2 aromatic carbocycles. The van der Waals surface area contributed by atoms with Crippen molar-refractivity contribution in [3.05, 3.63) is 69.6 Å². The van der Waals surface area contributed by atoms with Crippen LogP contribution in [0, 0.1) is 11.6 Å². The Morgan fingerprint density at radius 3 is 2.55 bits per heavy atom. The van der Waals surface area contributed by atoms with Crippen molar-refractivity contribution in [1.82, 2.24) is 4.98 Å². The number of carbonyl (C=O) groups excluding carboxylic acids is 1. The van der Waals surface area contributed by atoms with E-state index in [0.29, 0.717) is 24.7 Å². The molecule has 0 aliphatic carbocycles. The van der Waals surface area contributed by atoms with E-state index < -0.39 is 29.1 Å². The molecule has 0 aliphatic rings. The van der Waals surface area contributed by atoms with Crippen LogP contribution < -0.4 is 10.1 Å². The molecule has 3 aromatic rings. The number of halogens is 2. The number of aromatic nitrogens is 1. The quantitative estimate of drug-likeness (QED) is 0.179. The summed E-state index contributed by atoms with van der Waals surface area (Å²) in [7, 11) is 1.57. The number of anilines is 1. The van der Waals surface area contributed by atoms with Gasteiger partial charge in [0.05, 0.1) is 19.4 Å². The first kappa shape index (κ1) is 28.9. The van der Waals surface area contributed by atoms with Gasteiger partial charge >= 0.3 is 5.97 Å². The number of carboxylic acid groups (broad SMARTS) is 1. The third-order valence-electron chi connectivity index (χ3n) is 5.74. The van der Waals surface area contributed by atoms with Crippen molar-refractivity contribution in [3.8, 4) is 17.0 Å². The van der Waals surface area contributed by atoms with E-state index in [4.69, 9.17) is 14.6 Å². The Balaban J connectivity index is 1.73. The Morgan fingerprint density at radius 1 is 1.16 bits per heavy atom. The van der Waals surface area contributed by atoms with Crippen molar-refractivity contribution in [2.24, 2.45) is 0 Å². The average molecular weight is 545 g/mol. The molecular formula is C28H30F2N2O5S. The standard InChI is InChI=1S/C28H30F2N2O5S/c1-4-5-6-7-11-37-15-18-9-8-10-20(25(18)36-3)24-16-38-28(31-24)32-26(33)19-13-22(29)21(23(30)14-19)12-17(2)27(34)35/h8-10,12-14,16H,4-7,11,15H2,1-3H3,(H,34,35)(H,31,32,33)/b17-12+. The molecule has 1 amide bonds. The summed E-state index contributed by atoms with van der Waals surface area (Å²) in [6.07, 6.45) is 5.36. The van der Waals surface area contributed by atoms with Gasteiger partial charge in [0.2, 0.25) is 0 Å². The number of aliphatic carboxylic acids is 1. The molecule has 0 saturated carbocycles. The highest BCUT2D eigenvalue weighted by Crippen LogP contribution is 2.35. The van der Waals surface area contributed by atoms with Crippen LogP contribution in [-0.4, -0.2) is 35.7 Å². The molecule has 1 aromatic heterocycles. The Bertz CT molecular complexity index is 1300.